The minimum Gasteiger partial charge on any atom is -0.493 e. The molecule has 0 heterocycles. The summed E-state index contributed by atoms with van der Waals surface area (Å²) in [4.78, 5) is 40.2. The van der Waals surface area contributed by atoms with E-state index in [1.807, 2.05) is 25.1 Å². The summed E-state index contributed by atoms with van der Waals surface area (Å²) >= 11 is 0. The monoisotopic (exact) mass is 1020 g/mol. The summed E-state index contributed by atoms with van der Waals surface area (Å²) < 4.78 is 53.3. The second-order valence-electron chi connectivity index (χ2n) is 19.7. The van der Waals surface area contributed by atoms with Crippen molar-refractivity contribution in [2.75, 3.05) is 73.5 Å². The van der Waals surface area contributed by atoms with Crippen LogP contribution in [0.5, 0.6) is 11.5 Å². The lowest BCUT2D eigenvalue weighted by Crippen LogP contribution is -2.21. The van der Waals surface area contributed by atoms with E-state index in [0.29, 0.717) is 95.2 Å². The Bertz CT molecular complexity index is 1360. The third kappa shape index (κ3) is 42.4. The zero-order valence-corrected chi connectivity index (χ0v) is 46.9. The molecule has 0 aliphatic carbocycles. The predicted molar refractivity (Wildman–Crippen MR) is 290 cm³/mol. The third-order valence-electron chi connectivity index (χ3n) is 12.4. The van der Waals surface area contributed by atoms with Gasteiger partial charge in [0, 0.05) is 64.1 Å². The number of nitrogens with zero attached hydrogens (tertiary/aromatic N) is 1. The number of benzene rings is 1. The van der Waals surface area contributed by atoms with Crippen LogP contribution in [0.2, 0.25) is 0 Å². The Kier molecular flexibility index (Phi) is 46.7. The van der Waals surface area contributed by atoms with Crippen LogP contribution in [0.3, 0.4) is 0 Å². The fraction of sp³-hybridized carbons (Fsp3) is 0.847. The van der Waals surface area contributed by atoms with Crippen molar-refractivity contribution in [2.24, 2.45) is 0 Å². The van der Waals surface area contributed by atoms with Gasteiger partial charge in [0.2, 0.25) is 0 Å². The van der Waals surface area contributed by atoms with Gasteiger partial charge in [0.15, 0.2) is 12.6 Å². The third-order valence-corrected chi connectivity index (χ3v) is 12.4. The standard InChI is InChI=1S/C59H107NO12/c1-7-11-15-19-23-27-42-68-58(69-43-28-24-20-16-12-8-2)39-37-56(62)66-48-32-46-64-53-35-36-54(52(50-53)51-72-55(61)34-31-41-60(5)6)65-47-33-49-67-57(63)38-40-59(70-44-29-25-21-17-13-9-3)71-45-30-26-22-18-14-10-4/h35-36,50,58-59H,7-34,37-49,51H2,1-6H3. The molecule has 1 aromatic rings. The number of esters is 3. The molecule has 0 N–H and O–H groups in total. The first-order valence-corrected chi connectivity index (χ1v) is 29.2. The molecule has 0 unspecified atom stereocenters. The average Bonchev–Trinajstić information content (AvgIpc) is 3.37. The van der Waals surface area contributed by atoms with Gasteiger partial charge in [0.25, 0.3) is 0 Å². The Morgan fingerprint density at radius 3 is 1.22 bits per heavy atom. The lowest BCUT2D eigenvalue weighted by atomic mass is 10.1. The van der Waals surface area contributed by atoms with Crippen molar-refractivity contribution in [1.29, 1.82) is 0 Å². The van der Waals surface area contributed by atoms with Crippen LogP contribution in [0, 0.1) is 0 Å². The van der Waals surface area contributed by atoms with Crippen molar-refractivity contribution >= 4 is 17.9 Å². The fourth-order valence-electron chi connectivity index (χ4n) is 7.97. The summed E-state index contributed by atoms with van der Waals surface area (Å²) in [6.45, 7) is 13.3. The Morgan fingerprint density at radius 1 is 0.417 bits per heavy atom. The maximum atomic E-state index is 12.8. The Balaban J connectivity index is 2.64. The van der Waals surface area contributed by atoms with Crippen molar-refractivity contribution in [2.45, 2.75) is 252 Å². The second kappa shape index (κ2) is 50.2. The number of hydrogen-bond acceptors (Lipinski definition) is 13. The maximum Gasteiger partial charge on any atom is 0.306 e. The molecule has 0 radical (unpaired) electrons. The van der Waals surface area contributed by atoms with Crippen LogP contribution in [0.4, 0.5) is 0 Å². The topological polar surface area (TPSA) is 138 Å². The highest BCUT2D eigenvalue weighted by molar-refractivity contribution is 5.70. The van der Waals surface area contributed by atoms with E-state index in [1.54, 1.807) is 12.1 Å². The maximum absolute atomic E-state index is 12.8. The zero-order chi connectivity index (χ0) is 52.4. The van der Waals surface area contributed by atoms with Crippen molar-refractivity contribution in [3.63, 3.8) is 0 Å². The number of unbranched alkanes of at least 4 members (excludes halogenated alkanes) is 20. The molecule has 0 aliphatic rings. The summed E-state index contributed by atoms with van der Waals surface area (Å²) in [5.74, 6) is 0.288. The van der Waals surface area contributed by atoms with Crippen molar-refractivity contribution < 1.29 is 57.0 Å². The SMILES string of the molecule is CCCCCCCCOC(CCC(=O)OCCCOc1ccc(OCCCOC(=O)CCC(OCCCCCCCC)OCCCCCCCC)c(COC(=O)CCCN(C)C)c1)OCCCCCCCC. The number of carbonyl (C=O) groups is 3. The second-order valence-corrected chi connectivity index (χ2v) is 19.7. The molecule has 13 heteroatoms. The molecular weight excluding hydrogens is 915 g/mol. The number of hydrogen-bond donors (Lipinski definition) is 0. The van der Waals surface area contributed by atoms with Crippen molar-refractivity contribution in [1.82, 2.24) is 4.90 Å². The first-order chi connectivity index (χ1) is 35.2. The Hall–Kier alpha value is -2.97. The Morgan fingerprint density at radius 2 is 0.806 bits per heavy atom. The molecule has 0 spiro atoms. The average molecular weight is 1020 g/mol. The molecule has 1 rings (SSSR count). The first kappa shape index (κ1) is 67.0. The number of carbonyl (C=O) groups excluding carboxylic acids is 3. The summed E-state index contributed by atoms with van der Waals surface area (Å²) in [5, 5.41) is 0. The van der Waals surface area contributed by atoms with Gasteiger partial charge in [0.1, 0.15) is 18.1 Å². The smallest absolute Gasteiger partial charge is 0.306 e. The van der Waals surface area contributed by atoms with E-state index in [0.717, 1.165) is 57.9 Å². The Labute approximate surface area is 439 Å². The molecule has 0 aromatic heterocycles. The van der Waals surface area contributed by atoms with Gasteiger partial charge in [-0.05, 0) is 70.9 Å². The van der Waals surface area contributed by atoms with E-state index >= 15 is 0 Å². The van der Waals surface area contributed by atoms with E-state index in [-0.39, 0.29) is 50.6 Å². The van der Waals surface area contributed by atoms with Gasteiger partial charge < -0.3 is 47.5 Å². The molecule has 420 valence electrons. The van der Waals surface area contributed by atoms with Gasteiger partial charge in [-0.25, -0.2) is 0 Å². The van der Waals surface area contributed by atoms with Crippen LogP contribution < -0.4 is 9.47 Å². The van der Waals surface area contributed by atoms with Crippen LogP contribution in [-0.2, 0) is 54.1 Å². The minimum absolute atomic E-state index is 0.0231. The number of ether oxygens (including phenoxy) is 9. The molecule has 0 saturated carbocycles. The molecule has 0 atom stereocenters. The highest BCUT2D eigenvalue weighted by atomic mass is 16.7. The van der Waals surface area contributed by atoms with E-state index in [2.05, 4.69) is 27.7 Å². The largest absolute Gasteiger partial charge is 0.493 e. The predicted octanol–water partition coefficient (Wildman–Crippen LogP) is 14.4. The van der Waals surface area contributed by atoms with Crippen LogP contribution >= 0.6 is 0 Å². The molecular formula is C59H107NO12. The molecule has 1 aromatic carbocycles. The summed E-state index contributed by atoms with van der Waals surface area (Å²) in [6, 6.07) is 5.41. The van der Waals surface area contributed by atoms with E-state index in [1.165, 1.54) is 103 Å². The molecule has 13 nitrogen and oxygen atoms in total. The van der Waals surface area contributed by atoms with Crippen LogP contribution in [0.1, 0.15) is 239 Å². The number of rotatable bonds is 54. The fourth-order valence-corrected chi connectivity index (χ4v) is 7.97. The highest BCUT2D eigenvalue weighted by Crippen LogP contribution is 2.26. The van der Waals surface area contributed by atoms with Gasteiger partial charge in [-0.3, -0.25) is 14.4 Å². The summed E-state index contributed by atoms with van der Waals surface area (Å²) in [6.07, 6.45) is 31.1. The molecule has 0 amide bonds. The summed E-state index contributed by atoms with van der Waals surface area (Å²) in [5.41, 5.74) is 0.664. The van der Waals surface area contributed by atoms with Gasteiger partial charge in [0.05, 0.1) is 39.3 Å². The molecule has 72 heavy (non-hydrogen) atoms. The highest BCUT2D eigenvalue weighted by Gasteiger charge is 2.16. The normalized spacial score (nSPS) is 11.5. The van der Waals surface area contributed by atoms with Gasteiger partial charge in [-0.1, -0.05) is 156 Å². The molecule has 0 saturated heterocycles. The first-order valence-electron chi connectivity index (χ1n) is 29.2. The van der Waals surface area contributed by atoms with Gasteiger partial charge >= 0.3 is 17.9 Å². The van der Waals surface area contributed by atoms with Crippen molar-refractivity contribution in [3.05, 3.63) is 23.8 Å². The van der Waals surface area contributed by atoms with Crippen LogP contribution in [0.15, 0.2) is 18.2 Å². The van der Waals surface area contributed by atoms with Gasteiger partial charge in [-0.15, -0.1) is 0 Å². The zero-order valence-electron chi connectivity index (χ0n) is 46.9. The van der Waals surface area contributed by atoms with E-state index < -0.39 is 12.6 Å². The lowest BCUT2D eigenvalue weighted by molar-refractivity contribution is -0.159. The van der Waals surface area contributed by atoms with Crippen LogP contribution in [-0.4, -0.2) is 109 Å². The minimum atomic E-state index is -0.411. The summed E-state index contributed by atoms with van der Waals surface area (Å²) in [7, 11) is 3.94. The van der Waals surface area contributed by atoms with E-state index in [9.17, 15) is 14.4 Å². The van der Waals surface area contributed by atoms with Gasteiger partial charge in [-0.2, -0.15) is 0 Å². The van der Waals surface area contributed by atoms with E-state index in [4.69, 9.17) is 42.6 Å². The van der Waals surface area contributed by atoms with Crippen molar-refractivity contribution in [3.8, 4) is 11.5 Å². The lowest BCUT2D eigenvalue weighted by Gasteiger charge is -2.19. The molecule has 0 aliphatic heterocycles. The van der Waals surface area contributed by atoms with Crippen LogP contribution in [0.25, 0.3) is 0 Å². The molecule has 0 bridgehead atoms. The quantitative estimate of drug-likeness (QED) is 0.0265. The molecule has 0 fully saturated rings.